The van der Waals surface area contributed by atoms with E-state index in [2.05, 4.69) is 4.98 Å². The Morgan fingerprint density at radius 1 is 1.08 bits per heavy atom. The fourth-order valence-corrected chi connectivity index (χ4v) is 7.84. The summed E-state index contributed by atoms with van der Waals surface area (Å²) in [6.07, 6.45) is 3.24. The lowest BCUT2D eigenvalue weighted by Crippen LogP contribution is -2.43. The molecule has 1 aromatic carbocycles. The molecular formula is C25H21FN4O5S2. The largest absolute Gasteiger partial charge is 0.378 e. The lowest BCUT2D eigenvalue weighted by atomic mass is 9.84. The van der Waals surface area contributed by atoms with Crippen LogP contribution in [-0.2, 0) is 25.7 Å². The zero-order chi connectivity index (χ0) is 25.7. The normalized spacial score (nSPS) is 23.2. The first-order valence-electron chi connectivity index (χ1n) is 11.7. The van der Waals surface area contributed by atoms with Crippen LogP contribution in [0.3, 0.4) is 0 Å². The smallest absolute Gasteiger partial charge is 0.308 e. The number of hydrogen-bond acceptors (Lipinski definition) is 8. The second kappa shape index (κ2) is 9.51. The summed E-state index contributed by atoms with van der Waals surface area (Å²) < 4.78 is 20.3. The minimum absolute atomic E-state index is 0.154. The van der Waals surface area contributed by atoms with Crippen LogP contribution in [0.4, 0.5) is 10.1 Å². The number of imide groups is 1. The summed E-state index contributed by atoms with van der Waals surface area (Å²) in [5.74, 6) is -2.89. The molecule has 0 saturated carbocycles. The van der Waals surface area contributed by atoms with Crippen LogP contribution in [0.5, 0.6) is 0 Å². The molecule has 6 rings (SSSR count). The van der Waals surface area contributed by atoms with Crippen LogP contribution >= 0.6 is 23.1 Å². The van der Waals surface area contributed by atoms with Gasteiger partial charge in [-0.2, -0.15) is 0 Å². The van der Waals surface area contributed by atoms with E-state index in [1.807, 2.05) is 6.07 Å². The summed E-state index contributed by atoms with van der Waals surface area (Å²) in [6.45, 7) is 1.64. The second-order valence-corrected chi connectivity index (χ2v) is 11.1. The Hall–Kier alpha value is -3.35. The Kier molecular flexibility index (Phi) is 6.17. The molecule has 12 heteroatoms. The van der Waals surface area contributed by atoms with Crippen LogP contribution in [0.15, 0.2) is 58.6 Å². The highest BCUT2D eigenvalue weighted by Gasteiger charge is 2.57. The van der Waals surface area contributed by atoms with Crippen molar-refractivity contribution >= 4 is 46.5 Å². The Bertz CT molecular complexity index is 1440. The highest BCUT2D eigenvalue weighted by molar-refractivity contribution is 8.00. The highest BCUT2D eigenvalue weighted by atomic mass is 32.2. The number of anilines is 1. The molecule has 9 nitrogen and oxygen atoms in total. The standard InChI is InChI=1S/C25H21FN4O5S2/c26-15-3-5-16(6-4-15)30-22(32)19-18(14-2-1-7-27-12-14)21-24(36-20(19)23(30)33)29(25(34)37-21)13-17(31)28-8-10-35-11-9-28/h1-7,12,18-20H,8-11,13H2. The van der Waals surface area contributed by atoms with Crippen molar-refractivity contribution in [1.29, 1.82) is 0 Å². The van der Waals surface area contributed by atoms with E-state index < -0.39 is 34.7 Å². The van der Waals surface area contributed by atoms with Gasteiger partial charge in [0.2, 0.25) is 17.7 Å². The van der Waals surface area contributed by atoms with Crippen molar-refractivity contribution < 1.29 is 23.5 Å². The maximum absolute atomic E-state index is 13.7. The van der Waals surface area contributed by atoms with Crippen molar-refractivity contribution in [2.24, 2.45) is 5.92 Å². The van der Waals surface area contributed by atoms with Gasteiger partial charge in [-0.15, -0.1) is 0 Å². The molecule has 3 aliphatic heterocycles. The van der Waals surface area contributed by atoms with Gasteiger partial charge in [0.25, 0.3) is 0 Å². The highest BCUT2D eigenvalue weighted by Crippen LogP contribution is 2.53. The summed E-state index contributed by atoms with van der Waals surface area (Å²) in [5.41, 5.74) is 0.994. The number of pyridine rings is 1. The van der Waals surface area contributed by atoms with E-state index in [-0.39, 0.29) is 17.3 Å². The lowest BCUT2D eigenvalue weighted by Gasteiger charge is -2.31. The Morgan fingerprint density at radius 2 is 1.84 bits per heavy atom. The molecule has 0 N–H and O–H groups in total. The number of rotatable bonds is 4. The van der Waals surface area contributed by atoms with Crippen molar-refractivity contribution in [3.63, 3.8) is 0 Å². The van der Waals surface area contributed by atoms with Gasteiger partial charge < -0.3 is 9.64 Å². The van der Waals surface area contributed by atoms with Crippen LogP contribution in [0.25, 0.3) is 0 Å². The molecule has 5 heterocycles. The maximum atomic E-state index is 13.7. The van der Waals surface area contributed by atoms with Crippen molar-refractivity contribution in [3.8, 4) is 0 Å². The summed E-state index contributed by atoms with van der Waals surface area (Å²) in [5, 5.41) is -0.289. The number of aromatic nitrogens is 2. The Balaban J connectivity index is 1.42. The van der Waals surface area contributed by atoms with Gasteiger partial charge in [-0.25, -0.2) is 9.29 Å². The van der Waals surface area contributed by atoms with Crippen molar-refractivity contribution in [1.82, 2.24) is 14.5 Å². The molecule has 3 aromatic rings. The van der Waals surface area contributed by atoms with Crippen LogP contribution in [0.2, 0.25) is 0 Å². The molecule has 190 valence electrons. The fourth-order valence-electron chi connectivity index (χ4n) is 5.07. The van der Waals surface area contributed by atoms with Gasteiger partial charge in [0.05, 0.1) is 29.8 Å². The number of halogens is 1. The fraction of sp³-hybridized carbons (Fsp3) is 0.320. The quantitative estimate of drug-likeness (QED) is 0.467. The van der Waals surface area contributed by atoms with Gasteiger partial charge in [-0.05, 0) is 35.9 Å². The average molecular weight is 541 g/mol. The third-order valence-corrected chi connectivity index (χ3v) is 9.44. The Morgan fingerprint density at radius 3 is 2.54 bits per heavy atom. The van der Waals surface area contributed by atoms with Gasteiger partial charge >= 0.3 is 4.87 Å². The molecule has 2 aromatic heterocycles. The third-order valence-electron chi connectivity index (χ3n) is 6.83. The zero-order valence-electron chi connectivity index (χ0n) is 19.4. The number of amides is 3. The molecule has 3 atom stereocenters. The molecule has 0 bridgehead atoms. The minimum atomic E-state index is -0.811. The van der Waals surface area contributed by atoms with E-state index >= 15 is 0 Å². The molecule has 3 unspecified atom stereocenters. The van der Waals surface area contributed by atoms with E-state index in [4.69, 9.17) is 4.74 Å². The van der Waals surface area contributed by atoms with E-state index in [0.717, 1.165) is 28.0 Å². The van der Waals surface area contributed by atoms with Gasteiger partial charge in [-0.1, -0.05) is 29.2 Å². The third kappa shape index (κ3) is 4.09. The zero-order valence-corrected chi connectivity index (χ0v) is 21.0. The van der Waals surface area contributed by atoms with Gasteiger partial charge in [-0.3, -0.25) is 28.7 Å². The molecule has 2 saturated heterocycles. The number of hydrogen-bond donors (Lipinski definition) is 0. The molecule has 3 amide bonds. The van der Waals surface area contributed by atoms with Crippen LogP contribution in [0, 0.1) is 11.7 Å². The second-order valence-electron chi connectivity index (χ2n) is 8.93. The van der Waals surface area contributed by atoms with Gasteiger partial charge in [0.15, 0.2) is 0 Å². The van der Waals surface area contributed by atoms with E-state index in [1.165, 1.54) is 28.8 Å². The first kappa shape index (κ1) is 24.0. The molecule has 0 spiro atoms. The first-order valence-corrected chi connectivity index (χ1v) is 13.4. The Labute approximate surface area is 218 Å². The van der Waals surface area contributed by atoms with Crippen LogP contribution in [-0.4, -0.2) is 63.7 Å². The van der Waals surface area contributed by atoms with Crippen LogP contribution in [0.1, 0.15) is 16.4 Å². The first-order chi connectivity index (χ1) is 17.9. The average Bonchev–Trinajstić information content (AvgIpc) is 3.36. The number of nitrogens with zero attached hydrogens (tertiary/aromatic N) is 4. The number of ether oxygens (including phenoxy) is 1. The number of thioether (sulfide) groups is 1. The van der Waals surface area contributed by atoms with E-state index in [9.17, 15) is 23.6 Å². The molecule has 3 aliphatic rings. The molecule has 37 heavy (non-hydrogen) atoms. The summed E-state index contributed by atoms with van der Waals surface area (Å²) in [4.78, 5) is 60.8. The van der Waals surface area contributed by atoms with E-state index in [0.29, 0.717) is 47.5 Å². The number of fused-ring (bicyclic) bond motifs is 2. The number of morpholine rings is 1. The number of carbonyl (C=O) groups is 3. The number of benzene rings is 1. The number of carbonyl (C=O) groups excluding carboxylic acids is 3. The number of thiazole rings is 1. The molecule has 2 fully saturated rings. The molecule has 0 aliphatic carbocycles. The van der Waals surface area contributed by atoms with Crippen molar-refractivity contribution in [2.45, 2.75) is 22.7 Å². The predicted octanol–water partition coefficient (Wildman–Crippen LogP) is 2.10. The predicted molar refractivity (Wildman–Crippen MR) is 134 cm³/mol. The summed E-state index contributed by atoms with van der Waals surface area (Å²) in [6, 6.07) is 8.77. The molecule has 0 radical (unpaired) electrons. The van der Waals surface area contributed by atoms with E-state index in [1.54, 1.807) is 23.4 Å². The minimum Gasteiger partial charge on any atom is -0.378 e. The van der Waals surface area contributed by atoms with Crippen LogP contribution < -0.4 is 9.77 Å². The SMILES string of the molecule is O=C(Cn1c2c(sc1=O)C(c1cccnc1)C1C(=O)N(c3ccc(F)cc3)C(=O)C1S2)N1CCOCC1. The van der Waals surface area contributed by atoms with Crippen molar-refractivity contribution in [2.75, 3.05) is 31.2 Å². The monoisotopic (exact) mass is 540 g/mol. The topological polar surface area (TPSA) is 102 Å². The summed E-state index contributed by atoms with van der Waals surface area (Å²) in [7, 11) is 0. The van der Waals surface area contributed by atoms with Gasteiger partial charge in [0, 0.05) is 36.3 Å². The molecular weight excluding hydrogens is 519 g/mol. The van der Waals surface area contributed by atoms with Crippen molar-refractivity contribution in [3.05, 3.63) is 74.7 Å². The van der Waals surface area contributed by atoms with Gasteiger partial charge in [0.1, 0.15) is 17.6 Å². The maximum Gasteiger partial charge on any atom is 0.308 e. The summed E-state index contributed by atoms with van der Waals surface area (Å²) >= 11 is 2.14. The lowest BCUT2D eigenvalue weighted by molar-refractivity contribution is -0.136.